The van der Waals surface area contributed by atoms with Crippen molar-refractivity contribution in [2.75, 3.05) is 0 Å². The topological polar surface area (TPSA) is 0 Å². The van der Waals surface area contributed by atoms with E-state index in [-0.39, 0.29) is 19.5 Å². The maximum Gasteiger partial charge on any atom is 2.00 e. The van der Waals surface area contributed by atoms with Crippen molar-refractivity contribution in [3.8, 4) is 0 Å². The average Bonchev–Trinajstić information content (AvgIpc) is 2.90. The first kappa shape index (κ1) is 16.7. The summed E-state index contributed by atoms with van der Waals surface area (Å²) in [5, 5.41) is 0. The first-order valence-corrected chi connectivity index (χ1v) is 6.58. The molecule has 0 aliphatic carbocycles. The third kappa shape index (κ3) is 9.38. The van der Waals surface area contributed by atoms with Crippen molar-refractivity contribution >= 4 is 11.8 Å². The number of hydrogen-bond donors (Lipinski definition) is 0. The van der Waals surface area contributed by atoms with Crippen molar-refractivity contribution in [3.63, 3.8) is 0 Å². The van der Waals surface area contributed by atoms with Crippen LogP contribution in [-0.2, 0) is 25.2 Å². The zero-order valence-electron chi connectivity index (χ0n) is 10.7. The van der Waals surface area contributed by atoms with Gasteiger partial charge in [0.15, 0.2) is 0 Å². The molecule has 94 valence electrons. The fourth-order valence-corrected chi connectivity index (χ4v) is 1.92. The van der Waals surface area contributed by atoms with Crippen LogP contribution in [0.25, 0.3) is 0 Å². The Morgan fingerprint density at radius 2 is 1.53 bits per heavy atom. The Balaban J connectivity index is 0.000000360. The van der Waals surface area contributed by atoms with Crippen molar-refractivity contribution in [2.24, 2.45) is 0 Å². The Morgan fingerprint density at radius 1 is 1.00 bits per heavy atom. The predicted molar refractivity (Wildman–Crippen MR) is 75.1 cm³/mol. The van der Waals surface area contributed by atoms with E-state index >= 15 is 0 Å². The van der Waals surface area contributed by atoms with Gasteiger partial charge in [-0.25, -0.2) is 24.3 Å². The van der Waals surface area contributed by atoms with Crippen LogP contribution in [0.5, 0.6) is 0 Å². The van der Waals surface area contributed by atoms with Crippen LogP contribution in [-0.4, -0.2) is 4.75 Å². The van der Waals surface area contributed by atoms with E-state index in [2.05, 4.69) is 45.0 Å². The summed E-state index contributed by atoms with van der Waals surface area (Å²) in [4.78, 5) is 0. The summed E-state index contributed by atoms with van der Waals surface area (Å²) < 4.78 is 0.386. The predicted octanol–water partition coefficient (Wildman–Crippen LogP) is 4.84. The molecule has 0 N–H and O–H groups in total. The zero-order chi connectivity index (χ0) is 11.9. The van der Waals surface area contributed by atoms with E-state index < -0.39 is 0 Å². The maximum absolute atomic E-state index is 2.25. The molecule has 2 heteroatoms. The number of rotatable bonds is 2. The molecule has 17 heavy (non-hydrogen) atoms. The second-order valence-corrected chi connectivity index (χ2v) is 6.46. The Bertz CT molecular complexity index is 323. The number of thioether (sulfide) groups is 1. The first-order valence-electron chi connectivity index (χ1n) is 5.59. The van der Waals surface area contributed by atoms with Crippen LogP contribution in [0, 0.1) is 0 Å². The van der Waals surface area contributed by atoms with Crippen molar-refractivity contribution in [2.45, 2.75) is 31.3 Å². The molecule has 0 atom stereocenters. The van der Waals surface area contributed by atoms with Crippen molar-refractivity contribution in [1.29, 1.82) is 0 Å². The van der Waals surface area contributed by atoms with Crippen LogP contribution in [0.15, 0.2) is 54.6 Å². The quantitative estimate of drug-likeness (QED) is 0.560. The summed E-state index contributed by atoms with van der Waals surface area (Å²) in [6.07, 6.45) is 0. The molecule has 0 spiro atoms. The van der Waals surface area contributed by atoms with E-state index in [1.54, 1.807) is 0 Å². The smallest absolute Gasteiger partial charge is 0.214 e. The molecule has 2 aromatic rings. The molecule has 0 unspecified atom stereocenters. The third-order valence-corrected chi connectivity index (χ3v) is 3.30. The monoisotopic (exact) mass is 334 g/mol. The molecule has 0 nitrogen and oxygen atoms in total. The van der Waals surface area contributed by atoms with Gasteiger partial charge in [0.1, 0.15) is 0 Å². The van der Waals surface area contributed by atoms with E-state index in [9.17, 15) is 0 Å². The van der Waals surface area contributed by atoms with Crippen LogP contribution in [0.4, 0.5) is 0 Å². The van der Waals surface area contributed by atoms with E-state index in [0.29, 0.717) is 4.75 Å². The molecule has 0 fully saturated rings. The van der Waals surface area contributed by atoms with Crippen LogP contribution in [0.1, 0.15) is 26.3 Å². The van der Waals surface area contributed by atoms with Crippen LogP contribution in [0.3, 0.4) is 0 Å². The summed E-state index contributed by atoms with van der Waals surface area (Å²) in [5.74, 6) is 1.14. The molecular formula is C15H20RuS. The largest absolute Gasteiger partial charge is 2.00 e. The van der Waals surface area contributed by atoms with Gasteiger partial charge < -0.3 is 0 Å². The van der Waals surface area contributed by atoms with E-state index in [1.807, 2.05) is 42.1 Å². The minimum absolute atomic E-state index is 0. The van der Waals surface area contributed by atoms with Gasteiger partial charge in [0.25, 0.3) is 0 Å². The van der Waals surface area contributed by atoms with Gasteiger partial charge in [-0.15, -0.1) is 5.56 Å². The zero-order valence-corrected chi connectivity index (χ0v) is 13.2. The second-order valence-electron chi connectivity index (χ2n) is 4.66. The van der Waals surface area contributed by atoms with Gasteiger partial charge in [0.2, 0.25) is 0 Å². The van der Waals surface area contributed by atoms with Gasteiger partial charge in [-0.2, -0.15) is 42.1 Å². The molecule has 0 radical (unpaired) electrons. The molecule has 0 bridgehead atoms. The molecule has 0 aliphatic heterocycles. The number of hydrogen-bond acceptors (Lipinski definition) is 1. The third-order valence-electron chi connectivity index (χ3n) is 1.96. The summed E-state index contributed by atoms with van der Waals surface area (Å²) in [6, 6.07) is 18.6. The molecule has 0 aliphatic rings. The fourth-order valence-electron chi connectivity index (χ4n) is 1.13. The molecule has 0 heterocycles. The van der Waals surface area contributed by atoms with Gasteiger partial charge in [0, 0.05) is 4.75 Å². The van der Waals surface area contributed by atoms with Crippen LogP contribution in [0.2, 0.25) is 0 Å². The van der Waals surface area contributed by atoms with Crippen molar-refractivity contribution in [3.05, 3.63) is 60.2 Å². The van der Waals surface area contributed by atoms with Gasteiger partial charge in [-0.05, 0) is 5.75 Å². The van der Waals surface area contributed by atoms with E-state index in [0.717, 1.165) is 5.75 Å². The molecule has 0 saturated heterocycles. The van der Waals surface area contributed by atoms with Gasteiger partial charge in [-0.1, -0.05) is 20.8 Å². The summed E-state index contributed by atoms with van der Waals surface area (Å²) >= 11 is 1.99. The van der Waals surface area contributed by atoms with Gasteiger partial charge >= 0.3 is 19.5 Å². The second kappa shape index (κ2) is 8.72. The van der Waals surface area contributed by atoms with E-state index in [1.165, 1.54) is 5.56 Å². The molecular weight excluding hydrogens is 313 g/mol. The van der Waals surface area contributed by atoms with Crippen molar-refractivity contribution < 1.29 is 19.5 Å². The first-order chi connectivity index (χ1) is 7.58. The normalized spacial score (nSPS) is 10.1. The van der Waals surface area contributed by atoms with E-state index in [4.69, 9.17) is 0 Å². The average molecular weight is 333 g/mol. The Labute approximate surface area is 122 Å². The maximum atomic E-state index is 2.25. The standard InChI is InChI=1S/C10H15S.C5H5.Ru/c1-10(2,3)11-8-9-6-4-5-7-9;1-2-4-5-3-1;/h4-7H,8H2,1-3H3;1-5H;/q2*-1;+2. The minimum Gasteiger partial charge on any atom is -0.214 e. The Morgan fingerprint density at radius 3 is 1.88 bits per heavy atom. The minimum atomic E-state index is 0. The Hall–Kier alpha value is -0.327. The van der Waals surface area contributed by atoms with Crippen molar-refractivity contribution in [1.82, 2.24) is 0 Å². The molecule has 0 amide bonds. The molecule has 0 saturated carbocycles. The SMILES string of the molecule is CC(C)(C)SC[c-]1cccc1.[Ru+2].c1cc[cH-]c1. The molecule has 2 aromatic carbocycles. The van der Waals surface area contributed by atoms with Gasteiger partial charge in [-0.3, -0.25) is 0 Å². The summed E-state index contributed by atoms with van der Waals surface area (Å²) in [6.45, 7) is 6.75. The summed E-state index contributed by atoms with van der Waals surface area (Å²) in [7, 11) is 0. The van der Waals surface area contributed by atoms with Gasteiger partial charge in [0.05, 0.1) is 0 Å². The van der Waals surface area contributed by atoms with Crippen LogP contribution < -0.4 is 0 Å². The fraction of sp³-hybridized carbons (Fsp3) is 0.333. The molecule has 0 aromatic heterocycles. The van der Waals surface area contributed by atoms with Crippen LogP contribution >= 0.6 is 11.8 Å². The Kier molecular flexibility index (Phi) is 8.55. The molecule has 2 rings (SSSR count). The summed E-state index contributed by atoms with van der Waals surface area (Å²) in [5.41, 5.74) is 1.44.